The van der Waals surface area contributed by atoms with Gasteiger partial charge in [0.05, 0.1) is 19.8 Å². The summed E-state index contributed by atoms with van der Waals surface area (Å²) in [6.07, 6.45) is 1.48. The highest BCUT2D eigenvalue weighted by Gasteiger charge is 1.83. The number of rotatable bonds is 3. The lowest BCUT2D eigenvalue weighted by Gasteiger charge is -1.90. The van der Waals surface area contributed by atoms with E-state index in [2.05, 4.69) is 11.8 Å². The largest absolute Gasteiger partial charge is 0.396 e. The third-order valence-electron chi connectivity index (χ3n) is 0.776. The zero-order valence-electron chi connectivity index (χ0n) is 8.60. The van der Waals surface area contributed by atoms with Crippen LogP contribution in [0.3, 0.4) is 0 Å². The van der Waals surface area contributed by atoms with Crippen LogP contribution in [-0.4, -0.2) is 47.0 Å². The van der Waals surface area contributed by atoms with Gasteiger partial charge >= 0.3 is 0 Å². The maximum Gasteiger partial charge on any atom is 0.0742 e. The van der Waals surface area contributed by atoms with E-state index in [1.807, 2.05) is 0 Å². The first-order chi connectivity index (χ1) is 6.10. The molecule has 0 radical (unpaired) electrons. The highest BCUT2D eigenvalue weighted by Crippen LogP contribution is 1.78. The smallest absolute Gasteiger partial charge is 0.0742 e. The SMILES string of the molecule is CC(O)CO.CCCCO.COO. The maximum absolute atomic E-state index is 8.11. The first-order valence-electron chi connectivity index (χ1n) is 4.17. The van der Waals surface area contributed by atoms with E-state index in [-0.39, 0.29) is 6.61 Å². The second kappa shape index (κ2) is 22.6. The van der Waals surface area contributed by atoms with E-state index in [9.17, 15) is 0 Å². The fourth-order valence-corrected chi connectivity index (χ4v) is 0.158. The molecule has 1 atom stereocenters. The Hall–Kier alpha value is -0.200. The van der Waals surface area contributed by atoms with E-state index in [0.717, 1.165) is 12.8 Å². The van der Waals surface area contributed by atoms with Crippen LogP contribution in [0.1, 0.15) is 26.7 Å². The molecule has 0 aliphatic rings. The Morgan fingerprint density at radius 1 is 1.31 bits per heavy atom. The standard InChI is InChI=1S/C4H10O.C3H8O2.CH4O2/c1-2-3-4-5;1-3(5)2-4;1-3-2/h5H,2-4H2,1H3;3-5H,2H2,1H3;2H,1H3. The Morgan fingerprint density at radius 3 is 1.62 bits per heavy atom. The van der Waals surface area contributed by atoms with Crippen molar-refractivity contribution in [2.45, 2.75) is 32.8 Å². The summed E-state index contributed by atoms with van der Waals surface area (Å²) >= 11 is 0. The van der Waals surface area contributed by atoms with Crippen LogP contribution >= 0.6 is 0 Å². The van der Waals surface area contributed by atoms with Crippen LogP contribution in [0, 0.1) is 0 Å². The van der Waals surface area contributed by atoms with Crippen LogP contribution in [0.15, 0.2) is 0 Å². The van der Waals surface area contributed by atoms with Gasteiger partial charge in [0.1, 0.15) is 0 Å². The van der Waals surface area contributed by atoms with Crippen LogP contribution in [0.4, 0.5) is 0 Å². The van der Waals surface area contributed by atoms with Crippen molar-refractivity contribution in [2.75, 3.05) is 20.3 Å². The molecule has 0 saturated heterocycles. The van der Waals surface area contributed by atoms with Crippen molar-refractivity contribution in [3.8, 4) is 0 Å². The van der Waals surface area contributed by atoms with Crippen molar-refractivity contribution in [2.24, 2.45) is 0 Å². The first-order valence-corrected chi connectivity index (χ1v) is 4.17. The van der Waals surface area contributed by atoms with Gasteiger partial charge in [0.2, 0.25) is 0 Å². The molecule has 0 aromatic carbocycles. The molecule has 0 heterocycles. The molecule has 0 aliphatic heterocycles. The van der Waals surface area contributed by atoms with Gasteiger partial charge in [-0.3, -0.25) is 5.26 Å². The summed E-state index contributed by atoms with van der Waals surface area (Å²) in [6.45, 7) is 3.78. The van der Waals surface area contributed by atoms with E-state index in [1.54, 1.807) is 0 Å². The van der Waals surface area contributed by atoms with Crippen LogP contribution in [0.5, 0.6) is 0 Å². The van der Waals surface area contributed by atoms with Crippen molar-refractivity contribution in [1.82, 2.24) is 0 Å². The second-order valence-corrected chi connectivity index (χ2v) is 2.29. The molecule has 1 unspecified atom stereocenters. The molecule has 0 aromatic heterocycles. The van der Waals surface area contributed by atoms with E-state index >= 15 is 0 Å². The highest BCUT2D eigenvalue weighted by atomic mass is 17.1. The summed E-state index contributed by atoms with van der Waals surface area (Å²) in [4.78, 5) is 3.25. The first kappa shape index (κ1) is 18.6. The van der Waals surface area contributed by atoms with Gasteiger partial charge in [-0.2, -0.15) is 0 Å². The molecule has 0 saturated carbocycles. The minimum atomic E-state index is -0.560. The molecule has 4 N–H and O–H groups in total. The van der Waals surface area contributed by atoms with E-state index in [4.69, 9.17) is 20.6 Å². The van der Waals surface area contributed by atoms with Crippen molar-refractivity contribution >= 4 is 0 Å². The molecule has 84 valence electrons. The minimum Gasteiger partial charge on any atom is -0.396 e. The fraction of sp³-hybridized carbons (Fsp3) is 1.00. The predicted octanol–water partition coefficient (Wildman–Crippen LogP) is 0.244. The Bertz CT molecular complexity index is 56.5. The highest BCUT2D eigenvalue weighted by molar-refractivity contribution is 4.34. The normalized spacial score (nSPS) is 10.4. The zero-order chi connectivity index (χ0) is 11.1. The lowest BCUT2D eigenvalue weighted by molar-refractivity contribution is -0.214. The number of aliphatic hydroxyl groups excluding tert-OH is 3. The summed E-state index contributed by atoms with van der Waals surface area (Å²) in [5.74, 6) is 0. The molecule has 13 heavy (non-hydrogen) atoms. The van der Waals surface area contributed by atoms with Crippen molar-refractivity contribution < 1.29 is 25.5 Å². The van der Waals surface area contributed by atoms with Crippen LogP contribution < -0.4 is 0 Å². The number of hydrogen-bond donors (Lipinski definition) is 4. The Morgan fingerprint density at radius 2 is 1.62 bits per heavy atom. The molecule has 5 heteroatoms. The third kappa shape index (κ3) is 78.5. The molecular weight excluding hydrogens is 176 g/mol. The lowest BCUT2D eigenvalue weighted by Crippen LogP contribution is -2.03. The fourth-order valence-electron chi connectivity index (χ4n) is 0.158. The molecule has 0 aliphatic carbocycles. The molecular formula is C8H22O5. The quantitative estimate of drug-likeness (QED) is 0.385. The molecule has 0 amide bonds. The zero-order valence-corrected chi connectivity index (χ0v) is 8.60. The van der Waals surface area contributed by atoms with Crippen molar-refractivity contribution in [3.05, 3.63) is 0 Å². The minimum absolute atomic E-state index is 0.139. The van der Waals surface area contributed by atoms with Gasteiger partial charge in [0, 0.05) is 6.61 Å². The number of aliphatic hydroxyl groups is 3. The molecule has 0 fully saturated rings. The second-order valence-electron chi connectivity index (χ2n) is 2.29. The van der Waals surface area contributed by atoms with Gasteiger partial charge in [-0.25, -0.2) is 4.89 Å². The number of hydrogen-bond acceptors (Lipinski definition) is 5. The molecule has 5 nitrogen and oxygen atoms in total. The topological polar surface area (TPSA) is 90.2 Å². The summed E-state index contributed by atoms with van der Waals surface area (Å²) in [5.41, 5.74) is 0. The van der Waals surface area contributed by atoms with Gasteiger partial charge in [0.15, 0.2) is 0 Å². The molecule has 0 rings (SSSR count). The monoisotopic (exact) mass is 198 g/mol. The number of unbranched alkanes of at least 4 members (excludes halogenated alkanes) is 1. The summed E-state index contributed by atoms with van der Waals surface area (Å²) in [6, 6.07) is 0. The molecule has 0 bridgehead atoms. The Balaban J connectivity index is -0.000000120. The third-order valence-corrected chi connectivity index (χ3v) is 0.776. The van der Waals surface area contributed by atoms with Crippen molar-refractivity contribution in [1.29, 1.82) is 0 Å². The van der Waals surface area contributed by atoms with E-state index in [1.165, 1.54) is 14.0 Å². The molecule has 0 aromatic rings. The van der Waals surface area contributed by atoms with Crippen LogP contribution in [0.25, 0.3) is 0 Å². The Kier molecular flexibility index (Phi) is 32.3. The maximum atomic E-state index is 8.11. The van der Waals surface area contributed by atoms with Crippen LogP contribution in [0.2, 0.25) is 0 Å². The summed E-state index contributed by atoms with van der Waals surface area (Å²) in [7, 11) is 1.18. The van der Waals surface area contributed by atoms with Gasteiger partial charge in [-0.1, -0.05) is 13.3 Å². The van der Waals surface area contributed by atoms with E-state index < -0.39 is 6.10 Å². The lowest BCUT2D eigenvalue weighted by atomic mass is 10.4. The predicted molar refractivity (Wildman–Crippen MR) is 50.4 cm³/mol. The summed E-state index contributed by atoms with van der Waals surface area (Å²) < 4.78 is 0. The van der Waals surface area contributed by atoms with E-state index in [0.29, 0.717) is 6.61 Å². The van der Waals surface area contributed by atoms with Gasteiger partial charge in [-0.05, 0) is 13.3 Å². The summed E-state index contributed by atoms with van der Waals surface area (Å²) in [5, 5.41) is 31.1. The molecule has 0 spiro atoms. The Labute approximate surface area is 79.5 Å². The van der Waals surface area contributed by atoms with Crippen LogP contribution in [-0.2, 0) is 4.89 Å². The van der Waals surface area contributed by atoms with Gasteiger partial charge in [-0.15, -0.1) is 0 Å². The average molecular weight is 198 g/mol. The average Bonchev–Trinajstić information content (AvgIpc) is 2.08. The van der Waals surface area contributed by atoms with Gasteiger partial charge in [0.25, 0.3) is 0 Å². The van der Waals surface area contributed by atoms with Crippen molar-refractivity contribution in [3.63, 3.8) is 0 Å². The van der Waals surface area contributed by atoms with Gasteiger partial charge < -0.3 is 15.3 Å².